The van der Waals surface area contributed by atoms with Crippen LogP contribution in [0.3, 0.4) is 0 Å². The lowest BCUT2D eigenvalue weighted by atomic mass is 10.1. The lowest BCUT2D eigenvalue weighted by molar-refractivity contribution is -0.142. The van der Waals surface area contributed by atoms with E-state index in [0.29, 0.717) is 26.1 Å². The number of aliphatic carboxylic acids is 1. The fourth-order valence-corrected chi connectivity index (χ4v) is 1.91. The predicted molar refractivity (Wildman–Crippen MR) is 68.6 cm³/mol. The average molecular weight is 269 g/mol. The van der Waals surface area contributed by atoms with E-state index in [-0.39, 0.29) is 12.5 Å². The van der Waals surface area contributed by atoms with E-state index in [2.05, 4.69) is 11.9 Å². The third-order valence-corrected chi connectivity index (χ3v) is 2.94. The number of carbonyl (C=O) groups excluding carboxylic acids is 2. The van der Waals surface area contributed by atoms with Crippen molar-refractivity contribution in [3.05, 3.63) is 12.7 Å². The number of urea groups is 1. The molecule has 1 unspecified atom stereocenters. The molecule has 3 amide bonds. The molecule has 1 aliphatic heterocycles. The van der Waals surface area contributed by atoms with Crippen LogP contribution in [0.15, 0.2) is 12.7 Å². The maximum atomic E-state index is 12.2. The van der Waals surface area contributed by atoms with E-state index in [1.54, 1.807) is 13.1 Å². The van der Waals surface area contributed by atoms with Gasteiger partial charge >= 0.3 is 12.0 Å². The molecule has 0 aromatic heterocycles. The first-order valence-corrected chi connectivity index (χ1v) is 6.09. The number of piperazine rings is 1. The number of amides is 3. The second-order valence-corrected chi connectivity index (χ2v) is 4.38. The third-order valence-electron chi connectivity index (χ3n) is 2.94. The maximum Gasteiger partial charge on any atom is 0.320 e. The van der Waals surface area contributed by atoms with Crippen LogP contribution < -0.4 is 5.32 Å². The zero-order chi connectivity index (χ0) is 14.4. The highest BCUT2D eigenvalue weighted by Crippen LogP contribution is 2.11. The van der Waals surface area contributed by atoms with Crippen LogP contribution in [0.2, 0.25) is 0 Å². The number of nitrogens with zero attached hydrogens (tertiary/aromatic N) is 2. The lowest BCUT2D eigenvalue weighted by Gasteiger charge is -2.36. The Hall–Kier alpha value is -2.05. The molecule has 1 rings (SSSR count). The molecule has 0 aliphatic carbocycles. The van der Waals surface area contributed by atoms with Crippen LogP contribution in [0.1, 0.15) is 12.8 Å². The predicted octanol–water partition coefficient (Wildman–Crippen LogP) is -0.111. The number of hydrogen-bond donors (Lipinski definition) is 2. The molecule has 0 saturated carbocycles. The van der Waals surface area contributed by atoms with Crippen molar-refractivity contribution in [3.63, 3.8) is 0 Å². The summed E-state index contributed by atoms with van der Waals surface area (Å²) in [5.74, 6) is -1.52. The highest BCUT2D eigenvalue weighted by Gasteiger charge is 2.35. The first kappa shape index (κ1) is 15.0. The molecule has 1 fully saturated rings. The Kier molecular flexibility index (Phi) is 5.35. The van der Waals surface area contributed by atoms with Crippen LogP contribution in [0, 0.1) is 0 Å². The van der Waals surface area contributed by atoms with Gasteiger partial charge in [-0.3, -0.25) is 9.59 Å². The fraction of sp³-hybridized carbons (Fsp3) is 0.583. The molecule has 1 atom stereocenters. The van der Waals surface area contributed by atoms with Crippen molar-refractivity contribution in [2.75, 3.05) is 26.7 Å². The van der Waals surface area contributed by atoms with Crippen LogP contribution in [0.25, 0.3) is 0 Å². The van der Waals surface area contributed by atoms with Crippen molar-refractivity contribution in [3.8, 4) is 0 Å². The second-order valence-electron chi connectivity index (χ2n) is 4.38. The van der Waals surface area contributed by atoms with Gasteiger partial charge in [-0.05, 0) is 6.42 Å². The van der Waals surface area contributed by atoms with Crippen LogP contribution in [-0.2, 0) is 9.59 Å². The van der Waals surface area contributed by atoms with Gasteiger partial charge in [0.1, 0.15) is 6.04 Å². The first-order valence-electron chi connectivity index (χ1n) is 6.09. The second kappa shape index (κ2) is 6.77. The van der Waals surface area contributed by atoms with E-state index in [1.165, 1.54) is 9.80 Å². The zero-order valence-electron chi connectivity index (χ0n) is 11.0. The smallest absolute Gasteiger partial charge is 0.320 e. The van der Waals surface area contributed by atoms with E-state index in [0.717, 1.165) is 0 Å². The topological polar surface area (TPSA) is 90.0 Å². The third kappa shape index (κ3) is 3.97. The minimum atomic E-state index is -1.10. The van der Waals surface area contributed by atoms with Crippen molar-refractivity contribution in [2.24, 2.45) is 0 Å². The lowest BCUT2D eigenvalue weighted by Crippen LogP contribution is -2.60. The number of carbonyl (C=O) groups is 3. The van der Waals surface area contributed by atoms with Gasteiger partial charge in [0, 0.05) is 26.7 Å². The molecule has 1 aliphatic rings. The summed E-state index contributed by atoms with van der Waals surface area (Å²) in [5.41, 5.74) is 0. The van der Waals surface area contributed by atoms with Crippen LogP contribution in [0.5, 0.6) is 0 Å². The van der Waals surface area contributed by atoms with E-state index < -0.39 is 17.9 Å². The highest BCUT2D eigenvalue weighted by atomic mass is 16.4. The molecule has 19 heavy (non-hydrogen) atoms. The van der Waals surface area contributed by atoms with Crippen LogP contribution in [-0.4, -0.2) is 65.5 Å². The minimum absolute atomic E-state index is 0.320. The van der Waals surface area contributed by atoms with Gasteiger partial charge in [0.05, 0.1) is 6.42 Å². The Bertz CT molecular complexity index is 383. The van der Waals surface area contributed by atoms with Gasteiger partial charge in [0.25, 0.3) is 0 Å². The molecule has 0 radical (unpaired) electrons. The van der Waals surface area contributed by atoms with E-state index in [1.807, 2.05) is 0 Å². The minimum Gasteiger partial charge on any atom is -0.481 e. The van der Waals surface area contributed by atoms with Crippen molar-refractivity contribution < 1.29 is 19.5 Å². The van der Waals surface area contributed by atoms with Gasteiger partial charge in [-0.25, -0.2) is 4.79 Å². The first-order chi connectivity index (χ1) is 8.97. The Balaban J connectivity index is 2.75. The molecule has 7 nitrogen and oxygen atoms in total. The Morgan fingerprint density at radius 2 is 2.32 bits per heavy atom. The summed E-state index contributed by atoms with van der Waals surface area (Å²) in [6.45, 7) is 4.73. The van der Waals surface area contributed by atoms with Gasteiger partial charge < -0.3 is 20.2 Å². The van der Waals surface area contributed by atoms with Gasteiger partial charge in [0.2, 0.25) is 5.91 Å². The monoisotopic (exact) mass is 269 g/mol. The molecule has 2 N–H and O–H groups in total. The molecule has 1 saturated heterocycles. The van der Waals surface area contributed by atoms with Crippen molar-refractivity contribution in [1.29, 1.82) is 0 Å². The molecule has 0 spiro atoms. The van der Waals surface area contributed by atoms with Crippen LogP contribution >= 0.6 is 0 Å². The zero-order valence-corrected chi connectivity index (χ0v) is 11.0. The molecular weight excluding hydrogens is 250 g/mol. The summed E-state index contributed by atoms with van der Waals surface area (Å²) in [4.78, 5) is 37.4. The molecule has 7 heteroatoms. The molecule has 106 valence electrons. The van der Waals surface area contributed by atoms with Crippen molar-refractivity contribution in [1.82, 2.24) is 15.1 Å². The summed E-state index contributed by atoms with van der Waals surface area (Å²) in [5, 5.41) is 11.4. The molecule has 0 aromatic carbocycles. The Morgan fingerprint density at radius 1 is 1.63 bits per heavy atom. The van der Waals surface area contributed by atoms with Gasteiger partial charge in [-0.1, -0.05) is 6.08 Å². The number of rotatable bonds is 5. The SMILES string of the molecule is C=CCCN(C)C(=O)N1CCNC(=O)C1CC(=O)O. The summed E-state index contributed by atoms with van der Waals surface area (Å²) in [6.07, 6.45) is 1.96. The average Bonchev–Trinajstić information content (AvgIpc) is 2.37. The molecule has 0 bridgehead atoms. The largest absolute Gasteiger partial charge is 0.481 e. The standard InChI is InChI=1S/C12H19N3O4/c1-3-4-6-14(2)12(19)15-7-5-13-11(18)9(15)8-10(16)17/h3,9H,1,4-8H2,2H3,(H,13,18)(H,16,17). The maximum absolute atomic E-state index is 12.2. The summed E-state index contributed by atoms with van der Waals surface area (Å²) in [6, 6.07) is -1.27. The van der Waals surface area contributed by atoms with E-state index in [9.17, 15) is 14.4 Å². The Morgan fingerprint density at radius 3 is 2.89 bits per heavy atom. The van der Waals surface area contributed by atoms with Crippen LogP contribution in [0.4, 0.5) is 4.79 Å². The van der Waals surface area contributed by atoms with E-state index >= 15 is 0 Å². The van der Waals surface area contributed by atoms with Crippen molar-refractivity contribution >= 4 is 17.9 Å². The normalized spacial score (nSPS) is 18.7. The molecule has 0 aromatic rings. The van der Waals surface area contributed by atoms with Gasteiger partial charge in [-0.15, -0.1) is 6.58 Å². The highest BCUT2D eigenvalue weighted by molar-refractivity contribution is 5.91. The summed E-state index contributed by atoms with van der Waals surface area (Å²) >= 11 is 0. The number of hydrogen-bond acceptors (Lipinski definition) is 3. The summed E-state index contributed by atoms with van der Waals surface area (Å²) < 4.78 is 0. The fourth-order valence-electron chi connectivity index (χ4n) is 1.91. The molecule has 1 heterocycles. The Labute approximate surface area is 111 Å². The van der Waals surface area contributed by atoms with Gasteiger partial charge in [-0.2, -0.15) is 0 Å². The number of carboxylic acid groups (broad SMARTS) is 1. The quantitative estimate of drug-likeness (QED) is 0.681. The van der Waals surface area contributed by atoms with Crippen molar-refractivity contribution in [2.45, 2.75) is 18.9 Å². The van der Waals surface area contributed by atoms with Gasteiger partial charge in [0.15, 0.2) is 0 Å². The number of nitrogens with one attached hydrogen (secondary N) is 1. The summed E-state index contributed by atoms with van der Waals surface area (Å²) in [7, 11) is 1.62. The molecular formula is C12H19N3O4. The van der Waals surface area contributed by atoms with E-state index in [4.69, 9.17) is 5.11 Å². The number of carboxylic acids is 1.